The van der Waals surface area contributed by atoms with E-state index in [2.05, 4.69) is 16.0 Å². The Morgan fingerprint density at radius 3 is 2.59 bits per heavy atom. The summed E-state index contributed by atoms with van der Waals surface area (Å²) < 4.78 is 8.07. The maximum absolute atomic E-state index is 12.8. The highest BCUT2D eigenvalue weighted by molar-refractivity contribution is 6.33. The van der Waals surface area contributed by atoms with E-state index in [9.17, 15) is 4.79 Å². The van der Waals surface area contributed by atoms with Gasteiger partial charge in [0, 0.05) is 11.6 Å². The zero-order chi connectivity index (χ0) is 24.1. The van der Waals surface area contributed by atoms with Crippen LogP contribution in [0.25, 0.3) is 11.0 Å². The van der Waals surface area contributed by atoms with E-state index in [1.54, 1.807) is 24.3 Å². The molecule has 0 fully saturated rings. The summed E-state index contributed by atoms with van der Waals surface area (Å²) in [5, 5.41) is 4.21. The standard InChI is InChI=1S/C27H27Cl2N3O2/c1-18-17-20(13-14-22(18)28)34-16-8-7-15-32-25-12-6-5-11-24(25)31-26(32)19(2)30-27(33)21-9-3-4-10-23(21)29/h3-6,9-14,17,19H,7-8,15-16H2,1-2H3,(H,30,33). The van der Waals surface area contributed by atoms with Crippen LogP contribution in [0.5, 0.6) is 5.75 Å². The molecule has 7 heteroatoms. The van der Waals surface area contributed by atoms with E-state index in [1.807, 2.05) is 50.2 Å². The second-order valence-corrected chi connectivity index (χ2v) is 9.07. The molecule has 34 heavy (non-hydrogen) atoms. The molecule has 1 atom stereocenters. The highest BCUT2D eigenvalue weighted by Crippen LogP contribution is 2.24. The van der Waals surface area contributed by atoms with Crippen LogP contribution >= 0.6 is 23.2 Å². The first-order valence-electron chi connectivity index (χ1n) is 11.3. The van der Waals surface area contributed by atoms with Gasteiger partial charge in [-0.15, -0.1) is 0 Å². The summed E-state index contributed by atoms with van der Waals surface area (Å²) in [4.78, 5) is 17.6. The molecule has 0 bridgehead atoms. The number of fused-ring (bicyclic) bond motifs is 1. The van der Waals surface area contributed by atoms with Gasteiger partial charge in [0.15, 0.2) is 0 Å². The molecule has 0 aliphatic rings. The maximum atomic E-state index is 12.8. The number of imidazole rings is 1. The van der Waals surface area contributed by atoms with Gasteiger partial charge in [-0.2, -0.15) is 0 Å². The molecule has 1 unspecified atom stereocenters. The van der Waals surface area contributed by atoms with Crippen molar-refractivity contribution in [2.75, 3.05) is 6.61 Å². The molecule has 4 rings (SSSR count). The molecule has 0 aliphatic carbocycles. The third-order valence-electron chi connectivity index (χ3n) is 5.71. The van der Waals surface area contributed by atoms with Crippen LogP contribution in [-0.4, -0.2) is 22.1 Å². The Morgan fingerprint density at radius 1 is 1.03 bits per heavy atom. The number of benzene rings is 3. The molecule has 1 amide bonds. The second kappa shape index (κ2) is 10.9. The zero-order valence-electron chi connectivity index (χ0n) is 19.2. The molecule has 5 nitrogen and oxygen atoms in total. The number of para-hydroxylation sites is 2. The molecule has 0 aliphatic heterocycles. The van der Waals surface area contributed by atoms with Crippen LogP contribution in [0.1, 0.15) is 47.6 Å². The van der Waals surface area contributed by atoms with Gasteiger partial charge in [-0.25, -0.2) is 4.98 Å². The number of ether oxygens (including phenoxy) is 1. The highest BCUT2D eigenvalue weighted by Gasteiger charge is 2.20. The molecular weight excluding hydrogens is 469 g/mol. The van der Waals surface area contributed by atoms with Gasteiger partial charge in [0.1, 0.15) is 11.6 Å². The van der Waals surface area contributed by atoms with E-state index >= 15 is 0 Å². The van der Waals surface area contributed by atoms with E-state index in [0.29, 0.717) is 17.2 Å². The largest absolute Gasteiger partial charge is 0.494 e. The van der Waals surface area contributed by atoms with Crippen LogP contribution in [0, 0.1) is 6.92 Å². The summed E-state index contributed by atoms with van der Waals surface area (Å²) in [5.74, 6) is 1.42. The Morgan fingerprint density at radius 2 is 1.79 bits per heavy atom. The summed E-state index contributed by atoms with van der Waals surface area (Å²) in [7, 11) is 0. The van der Waals surface area contributed by atoms with Crippen molar-refractivity contribution in [1.29, 1.82) is 0 Å². The van der Waals surface area contributed by atoms with Gasteiger partial charge in [0.25, 0.3) is 5.91 Å². The summed E-state index contributed by atoms with van der Waals surface area (Å²) in [6, 6.07) is 20.5. The number of nitrogens with one attached hydrogen (secondary N) is 1. The number of rotatable bonds is 9. The van der Waals surface area contributed by atoms with E-state index < -0.39 is 0 Å². The minimum atomic E-state index is -0.288. The van der Waals surface area contributed by atoms with Crippen molar-refractivity contribution < 1.29 is 9.53 Å². The lowest BCUT2D eigenvalue weighted by Crippen LogP contribution is -2.29. The van der Waals surface area contributed by atoms with Gasteiger partial charge >= 0.3 is 0 Å². The summed E-state index contributed by atoms with van der Waals surface area (Å²) in [5.41, 5.74) is 3.41. The van der Waals surface area contributed by atoms with E-state index in [1.165, 1.54) is 0 Å². The molecule has 4 aromatic rings. The van der Waals surface area contributed by atoms with Crippen LogP contribution in [0.3, 0.4) is 0 Å². The molecule has 176 valence electrons. The van der Waals surface area contributed by atoms with Crippen molar-refractivity contribution in [3.63, 3.8) is 0 Å². The molecule has 1 heterocycles. The molecule has 1 aromatic heterocycles. The second-order valence-electron chi connectivity index (χ2n) is 8.25. The summed E-state index contributed by atoms with van der Waals surface area (Å²) in [6.45, 7) is 5.29. The molecule has 0 spiro atoms. The minimum absolute atomic E-state index is 0.219. The smallest absolute Gasteiger partial charge is 0.253 e. The number of hydrogen-bond donors (Lipinski definition) is 1. The van der Waals surface area contributed by atoms with Crippen molar-refractivity contribution in [1.82, 2.24) is 14.9 Å². The van der Waals surface area contributed by atoms with Crippen molar-refractivity contribution in [2.24, 2.45) is 0 Å². The SMILES string of the molecule is Cc1cc(OCCCCn2c(C(C)NC(=O)c3ccccc3Cl)nc3ccccc32)ccc1Cl. The third-order valence-corrected chi connectivity index (χ3v) is 6.47. The first-order chi connectivity index (χ1) is 16.4. The van der Waals surface area contributed by atoms with Gasteiger partial charge in [-0.3, -0.25) is 4.79 Å². The van der Waals surface area contributed by atoms with Crippen molar-refractivity contribution in [2.45, 2.75) is 39.3 Å². The maximum Gasteiger partial charge on any atom is 0.253 e. The number of hydrogen-bond acceptors (Lipinski definition) is 3. The average Bonchev–Trinajstić information content (AvgIpc) is 3.20. The molecule has 1 N–H and O–H groups in total. The minimum Gasteiger partial charge on any atom is -0.494 e. The Kier molecular flexibility index (Phi) is 7.76. The van der Waals surface area contributed by atoms with Crippen molar-refractivity contribution in [3.05, 3.63) is 93.7 Å². The number of aromatic nitrogens is 2. The van der Waals surface area contributed by atoms with Crippen LogP contribution in [0.15, 0.2) is 66.7 Å². The quantitative estimate of drug-likeness (QED) is 0.254. The van der Waals surface area contributed by atoms with E-state index in [4.69, 9.17) is 32.9 Å². The molecule has 3 aromatic carbocycles. The van der Waals surface area contributed by atoms with Gasteiger partial charge < -0.3 is 14.6 Å². The molecular formula is C27H27Cl2N3O2. The van der Waals surface area contributed by atoms with Crippen LogP contribution < -0.4 is 10.1 Å². The number of halogens is 2. The lowest BCUT2D eigenvalue weighted by atomic mass is 10.2. The lowest BCUT2D eigenvalue weighted by Gasteiger charge is -2.17. The first kappa shape index (κ1) is 24.1. The third kappa shape index (κ3) is 5.54. The van der Waals surface area contributed by atoms with Crippen LogP contribution in [0.4, 0.5) is 0 Å². The van der Waals surface area contributed by atoms with E-state index in [0.717, 1.165) is 52.6 Å². The number of nitrogens with zero attached hydrogens (tertiary/aromatic N) is 2. The number of carbonyl (C=O) groups is 1. The average molecular weight is 496 g/mol. The number of carbonyl (C=O) groups excluding carboxylic acids is 1. The normalized spacial score (nSPS) is 12.0. The fraction of sp³-hybridized carbons (Fsp3) is 0.259. The molecule has 0 saturated carbocycles. The predicted octanol–water partition coefficient (Wildman–Crippen LogP) is 7.00. The Labute approximate surface area is 209 Å². The Hall–Kier alpha value is -3.02. The monoisotopic (exact) mass is 495 g/mol. The molecule has 0 saturated heterocycles. The first-order valence-corrected chi connectivity index (χ1v) is 12.1. The van der Waals surface area contributed by atoms with Crippen LogP contribution in [0.2, 0.25) is 10.0 Å². The van der Waals surface area contributed by atoms with Gasteiger partial charge in [-0.1, -0.05) is 47.5 Å². The highest BCUT2D eigenvalue weighted by atomic mass is 35.5. The Balaban J connectivity index is 1.43. The van der Waals surface area contributed by atoms with Gasteiger partial charge in [0.05, 0.1) is 34.3 Å². The summed E-state index contributed by atoms with van der Waals surface area (Å²) >= 11 is 12.3. The Bertz CT molecular complexity index is 1300. The summed E-state index contributed by atoms with van der Waals surface area (Å²) in [6.07, 6.45) is 1.79. The number of amides is 1. The number of unbranched alkanes of at least 4 members (excludes halogenated alkanes) is 1. The van der Waals surface area contributed by atoms with Crippen molar-refractivity contribution >= 4 is 40.1 Å². The zero-order valence-corrected chi connectivity index (χ0v) is 20.7. The van der Waals surface area contributed by atoms with Gasteiger partial charge in [0.2, 0.25) is 0 Å². The lowest BCUT2D eigenvalue weighted by molar-refractivity contribution is 0.0938. The van der Waals surface area contributed by atoms with Gasteiger partial charge in [-0.05, 0) is 74.7 Å². The van der Waals surface area contributed by atoms with Crippen molar-refractivity contribution in [3.8, 4) is 5.75 Å². The van der Waals surface area contributed by atoms with E-state index in [-0.39, 0.29) is 11.9 Å². The van der Waals surface area contributed by atoms with Crippen LogP contribution in [-0.2, 0) is 6.54 Å². The fourth-order valence-corrected chi connectivity index (χ4v) is 4.25. The fourth-order valence-electron chi connectivity index (χ4n) is 3.91. The predicted molar refractivity (Wildman–Crippen MR) is 138 cm³/mol. The molecule has 0 radical (unpaired) electrons. The topological polar surface area (TPSA) is 56.1 Å². The number of aryl methyl sites for hydroxylation is 2.